The first-order valence-corrected chi connectivity index (χ1v) is 6.73. The Bertz CT molecular complexity index is 342. The predicted molar refractivity (Wildman–Crippen MR) is 83.6 cm³/mol. The zero-order valence-electron chi connectivity index (χ0n) is 11.3. The topological polar surface area (TPSA) is 38.0 Å². The molecule has 1 rings (SSSR count). The molecule has 17 heavy (non-hydrogen) atoms. The van der Waals surface area contributed by atoms with Gasteiger partial charge in [0.1, 0.15) is 0 Å². The molecule has 2 nitrogen and oxygen atoms in total. The Kier molecular flexibility index (Phi) is 8.42. The second-order valence-corrected chi connectivity index (χ2v) is 3.97. The van der Waals surface area contributed by atoms with Crippen LogP contribution in [0.25, 0.3) is 0 Å². The van der Waals surface area contributed by atoms with Crippen molar-refractivity contribution in [2.24, 2.45) is 0 Å². The van der Waals surface area contributed by atoms with Gasteiger partial charge >= 0.3 is 0 Å². The highest BCUT2D eigenvalue weighted by Gasteiger charge is 2.13. The molecule has 0 aliphatic rings. The maximum atomic E-state index is 5.76. The molecular weight excluding hydrogens is 228 g/mol. The summed E-state index contributed by atoms with van der Waals surface area (Å²) in [4.78, 5) is 0.908. The van der Waals surface area contributed by atoms with Crippen LogP contribution in [0.1, 0.15) is 47.0 Å². The molecule has 0 spiro atoms. The van der Waals surface area contributed by atoms with E-state index >= 15 is 0 Å². The maximum Gasteiger partial charge on any atom is 0.0829 e. The van der Waals surface area contributed by atoms with Crippen LogP contribution in [0, 0.1) is 0 Å². The second-order valence-electron chi connectivity index (χ2n) is 3.53. The van der Waals surface area contributed by atoms with Crippen molar-refractivity contribution >= 4 is 22.9 Å². The minimum Gasteiger partial charge on any atom is -0.399 e. The predicted octanol–water partition coefficient (Wildman–Crippen LogP) is 3.97. The number of likely N-dealkylation sites (N-methyl/N-ethyl adjacent to an activating group) is 1. The van der Waals surface area contributed by atoms with Gasteiger partial charge in [0.05, 0.1) is 4.99 Å². The highest BCUT2D eigenvalue weighted by molar-refractivity contribution is 7.80. The van der Waals surface area contributed by atoms with Gasteiger partial charge in [-0.1, -0.05) is 45.1 Å². The summed E-state index contributed by atoms with van der Waals surface area (Å²) in [5, 5.41) is 3.21. The zero-order chi connectivity index (χ0) is 13.3. The van der Waals surface area contributed by atoms with Gasteiger partial charge in [0.15, 0.2) is 0 Å². The van der Waals surface area contributed by atoms with E-state index in [4.69, 9.17) is 18.0 Å². The molecule has 0 aliphatic heterocycles. The third kappa shape index (κ3) is 5.18. The fourth-order valence-electron chi connectivity index (χ4n) is 1.65. The van der Waals surface area contributed by atoms with E-state index in [0.29, 0.717) is 0 Å². The molecule has 0 aliphatic carbocycles. The van der Waals surface area contributed by atoms with E-state index in [1.54, 1.807) is 0 Å². The number of thiocarbonyl (C=S) groups is 1. The van der Waals surface area contributed by atoms with Gasteiger partial charge < -0.3 is 11.1 Å². The lowest BCUT2D eigenvalue weighted by atomic mass is 9.96. The molecule has 0 fully saturated rings. The van der Waals surface area contributed by atoms with Crippen molar-refractivity contribution in [2.45, 2.75) is 40.0 Å². The minimum atomic E-state index is 0. The summed E-state index contributed by atoms with van der Waals surface area (Å²) in [6.07, 6.45) is 0.995. The van der Waals surface area contributed by atoms with Crippen LogP contribution >= 0.6 is 12.2 Å². The van der Waals surface area contributed by atoms with Gasteiger partial charge in [-0.15, -0.1) is 0 Å². The van der Waals surface area contributed by atoms with Gasteiger partial charge in [-0.05, 0) is 31.0 Å². The number of benzene rings is 1. The minimum absolute atomic E-state index is 0. The molecule has 1 atom stereocenters. The van der Waals surface area contributed by atoms with Crippen LogP contribution < -0.4 is 11.1 Å². The zero-order valence-corrected chi connectivity index (χ0v) is 12.1. The van der Waals surface area contributed by atoms with Gasteiger partial charge in [0.25, 0.3) is 0 Å². The van der Waals surface area contributed by atoms with Gasteiger partial charge in [0.2, 0.25) is 0 Å². The van der Waals surface area contributed by atoms with E-state index in [2.05, 4.69) is 25.2 Å². The quantitative estimate of drug-likeness (QED) is 0.630. The number of hydrogen-bond donors (Lipinski definition) is 2. The fraction of sp³-hybridized carbons (Fsp3) is 0.500. The van der Waals surface area contributed by atoms with Crippen LogP contribution in [0.5, 0.6) is 0 Å². The Hall–Kier alpha value is -1.09. The van der Waals surface area contributed by atoms with E-state index in [0.717, 1.165) is 23.6 Å². The molecule has 1 aromatic rings. The van der Waals surface area contributed by atoms with Crippen LogP contribution in [0.15, 0.2) is 24.3 Å². The largest absolute Gasteiger partial charge is 0.399 e. The highest BCUT2D eigenvalue weighted by atomic mass is 32.1. The standard InChI is InChI=1S/C12H18N2S.C2H6.H2/c1-3-11(12(15)14-4-2)9-6-5-7-10(13)8-9;1-2;/h5-8,11H,3-4,13H2,1-2H3,(H,14,15);1-2H3;1H. The fourth-order valence-corrected chi connectivity index (χ4v) is 2.09. The SMILES string of the molecule is CC.CCNC(=S)C(CC)c1cccc(N)c1.[HH]. The summed E-state index contributed by atoms with van der Waals surface area (Å²) < 4.78 is 0. The molecule has 0 saturated carbocycles. The molecule has 0 aromatic heterocycles. The van der Waals surface area contributed by atoms with Crippen molar-refractivity contribution in [3.63, 3.8) is 0 Å². The average molecular weight is 254 g/mol. The molecule has 0 saturated heterocycles. The maximum absolute atomic E-state index is 5.76. The van der Waals surface area contributed by atoms with E-state index in [1.165, 1.54) is 5.56 Å². The van der Waals surface area contributed by atoms with E-state index in [9.17, 15) is 0 Å². The lowest BCUT2D eigenvalue weighted by molar-refractivity contribution is 0.808. The lowest BCUT2D eigenvalue weighted by Gasteiger charge is -2.17. The summed E-state index contributed by atoms with van der Waals surface area (Å²) in [6.45, 7) is 9.06. The summed E-state index contributed by atoms with van der Waals surface area (Å²) in [5.74, 6) is 0.281. The number of nitrogens with two attached hydrogens (primary N) is 1. The Morgan fingerprint density at radius 2 is 2.06 bits per heavy atom. The van der Waals surface area contributed by atoms with E-state index < -0.39 is 0 Å². The van der Waals surface area contributed by atoms with Crippen molar-refractivity contribution in [2.75, 3.05) is 12.3 Å². The van der Waals surface area contributed by atoms with Crippen molar-refractivity contribution < 1.29 is 1.43 Å². The average Bonchev–Trinajstić information content (AvgIpc) is 2.33. The Morgan fingerprint density at radius 3 is 2.53 bits per heavy atom. The molecule has 0 radical (unpaired) electrons. The van der Waals surface area contributed by atoms with Crippen LogP contribution in [0.2, 0.25) is 0 Å². The number of nitrogens with one attached hydrogen (secondary N) is 1. The second kappa shape index (κ2) is 8.99. The smallest absolute Gasteiger partial charge is 0.0829 e. The number of nitrogen functional groups attached to an aromatic ring is 1. The van der Waals surface area contributed by atoms with Crippen molar-refractivity contribution in [3.05, 3.63) is 29.8 Å². The van der Waals surface area contributed by atoms with Gasteiger partial charge in [-0.2, -0.15) is 0 Å². The molecule has 98 valence electrons. The number of anilines is 1. The van der Waals surface area contributed by atoms with Crippen molar-refractivity contribution in [1.82, 2.24) is 5.32 Å². The van der Waals surface area contributed by atoms with Gasteiger partial charge in [0, 0.05) is 19.6 Å². The third-order valence-electron chi connectivity index (χ3n) is 2.39. The van der Waals surface area contributed by atoms with Crippen LogP contribution in [0.3, 0.4) is 0 Å². The molecule has 0 heterocycles. The first-order valence-electron chi connectivity index (χ1n) is 6.32. The monoisotopic (exact) mass is 254 g/mol. The van der Waals surface area contributed by atoms with Crippen LogP contribution in [-0.2, 0) is 0 Å². The van der Waals surface area contributed by atoms with Gasteiger partial charge in [-0.3, -0.25) is 0 Å². The lowest BCUT2D eigenvalue weighted by Crippen LogP contribution is -2.27. The first kappa shape index (κ1) is 15.9. The first-order chi connectivity index (χ1) is 8.19. The van der Waals surface area contributed by atoms with E-state index in [-0.39, 0.29) is 7.34 Å². The highest BCUT2D eigenvalue weighted by Crippen LogP contribution is 2.22. The van der Waals surface area contributed by atoms with E-state index in [1.807, 2.05) is 32.0 Å². The Labute approximate surface area is 112 Å². The Morgan fingerprint density at radius 1 is 1.41 bits per heavy atom. The molecule has 3 heteroatoms. The Balaban J connectivity index is 0. The molecule has 0 bridgehead atoms. The summed E-state index contributed by atoms with van der Waals surface area (Å²) in [7, 11) is 0. The third-order valence-corrected chi connectivity index (χ3v) is 2.82. The summed E-state index contributed by atoms with van der Waals surface area (Å²) in [5.41, 5.74) is 7.76. The van der Waals surface area contributed by atoms with Crippen LogP contribution in [0.4, 0.5) is 5.69 Å². The summed E-state index contributed by atoms with van der Waals surface area (Å²) in [6, 6.07) is 7.94. The normalized spacial score (nSPS) is 11.1. The number of rotatable bonds is 4. The molecular formula is C14H26N2S. The van der Waals surface area contributed by atoms with Crippen molar-refractivity contribution in [1.29, 1.82) is 0 Å². The molecule has 0 amide bonds. The molecule has 3 N–H and O–H groups in total. The number of hydrogen-bond acceptors (Lipinski definition) is 2. The van der Waals surface area contributed by atoms with Gasteiger partial charge in [-0.25, -0.2) is 0 Å². The summed E-state index contributed by atoms with van der Waals surface area (Å²) >= 11 is 5.35. The molecule has 1 unspecified atom stereocenters. The molecule has 1 aromatic carbocycles. The van der Waals surface area contributed by atoms with Crippen LogP contribution in [-0.4, -0.2) is 11.5 Å². The van der Waals surface area contributed by atoms with Crippen molar-refractivity contribution in [3.8, 4) is 0 Å².